The zero-order valence-corrected chi connectivity index (χ0v) is 18.4. The molecule has 4 N–H and O–H groups in total. The number of rotatable bonds is 16. The quantitative estimate of drug-likeness (QED) is 0.227. The van der Waals surface area contributed by atoms with Crippen LogP contribution in [0.5, 0.6) is 11.5 Å². The van der Waals surface area contributed by atoms with E-state index in [2.05, 4.69) is 23.1 Å². The maximum atomic E-state index is 11.7. The first-order valence-electron chi connectivity index (χ1n) is 11.4. The van der Waals surface area contributed by atoms with E-state index in [4.69, 9.17) is 4.74 Å². The van der Waals surface area contributed by atoms with E-state index in [1.165, 1.54) is 76.3 Å². The standard InChI is InChI=1S/C23H39N3O4/c1-2-3-4-5-6-7-8-9-10-11-12-13-18-24-23(29)26-25-22(28)19-30-21-16-14-20(27)15-17-21/h14-17,27H,2-13,18-19H2,1H3,(H,25,28)(H2,24,26,29). The molecule has 0 aromatic heterocycles. The molecule has 0 saturated heterocycles. The lowest BCUT2D eigenvalue weighted by molar-refractivity contribution is -0.123. The molecule has 1 aromatic carbocycles. The monoisotopic (exact) mass is 421 g/mol. The third-order valence-electron chi connectivity index (χ3n) is 4.84. The second kappa shape index (κ2) is 17.4. The summed E-state index contributed by atoms with van der Waals surface area (Å²) in [6.07, 6.45) is 15.3. The molecule has 7 nitrogen and oxygen atoms in total. The second-order valence-corrected chi connectivity index (χ2v) is 7.60. The second-order valence-electron chi connectivity index (χ2n) is 7.60. The van der Waals surface area contributed by atoms with E-state index >= 15 is 0 Å². The number of ether oxygens (including phenoxy) is 1. The highest BCUT2D eigenvalue weighted by Crippen LogP contribution is 2.15. The van der Waals surface area contributed by atoms with Gasteiger partial charge >= 0.3 is 6.03 Å². The highest BCUT2D eigenvalue weighted by Gasteiger charge is 2.05. The van der Waals surface area contributed by atoms with Crippen molar-refractivity contribution in [1.82, 2.24) is 16.2 Å². The molecule has 0 fully saturated rings. The van der Waals surface area contributed by atoms with Crippen LogP contribution in [-0.4, -0.2) is 30.2 Å². The smallest absolute Gasteiger partial charge is 0.333 e. The van der Waals surface area contributed by atoms with E-state index < -0.39 is 11.9 Å². The highest BCUT2D eigenvalue weighted by molar-refractivity contribution is 5.81. The number of unbranched alkanes of at least 4 members (excludes halogenated alkanes) is 11. The van der Waals surface area contributed by atoms with Gasteiger partial charge in [0.25, 0.3) is 5.91 Å². The maximum absolute atomic E-state index is 11.7. The number of carbonyl (C=O) groups is 2. The SMILES string of the molecule is CCCCCCCCCCCCCCNC(=O)NNC(=O)COc1ccc(O)cc1. The Bertz CT molecular complexity index is 578. The van der Waals surface area contributed by atoms with Crippen LogP contribution in [0.4, 0.5) is 4.79 Å². The Morgan fingerprint density at radius 3 is 1.90 bits per heavy atom. The molecule has 0 aliphatic heterocycles. The minimum atomic E-state index is -0.469. The molecule has 0 heterocycles. The van der Waals surface area contributed by atoms with Gasteiger partial charge in [0.05, 0.1) is 0 Å². The molecule has 0 bridgehead atoms. The number of hydrazine groups is 1. The fraction of sp³-hybridized carbons (Fsp3) is 0.652. The summed E-state index contributed by atoms with van der Waals surface area (Å²) in [5.74, 6) is 0.112. The van der Waals surface area contributed by atoms with Crippen LogP contribution < -0.4 is 20.9 Å². The van der Waals surface area contributed by atoms with Gasteiger partial charge in [0.1, 0.15) is 11.5 Å². The van der Waals surface area contributed by atoms with Crippen LogP contribution in [0.3, 0.4) is 0 Å². The minimum absolute atomic E-state index is 0.123. The Morgan fingerprint density at radius 2 is 1.33 bits per heavy atom. The molecule has 0 aliphatic rings. The van der Waals surface area contributed by atoms with E-state index in [1.807, 2.05) is 0 Å². The van der Waals surface area contributed by atoms with Crippen molar-refractivity contribution in [2.24, 2.45) is 0 Å². The van der Waals surface area contributed by atoms with Gasteiger partial charge in [0.2, 0.25) is 0 Å². The molecule has 30 heavy (non-hydrogen) atoms. The fourth-order valence-corrected chi connectivity index (χ4v) is 3.07. The van der Waals surface area contributed by atoms with Gasteiger partial charge in [-0.15, -0.1) is 0 Å². The molecule has 1 aromatic rings. The zero-order chi connectivity index (χ0) is 21.9. The molecule has 0 aliphatic carbocycles. The molecule has 0 atom stereocenters. The van der Waals surface area contributed by atoms with Crippen molar-refractivity contribution >= 4 is 11.9 Å². The first-order chi connectivity index (χ1) is 14.6. The van der Waals surface area contributed by atoms with E-state index in [9.17, 15) is 14.7 Å². The van der Waals surface area contributed by atoms with E-state index in [0.717, 1.165) is 12.8 Å². The van der Waals surface area contributed by atoms with E-state index in [1.54, 1.807) is 12.1 Å². The third-order valence-corrected chi connectivity index (χ3v) is 4.84. The van der Waals surface area contributed by atoms with Gasteiger partial charge in [0.15, 0.2) is 6.61 Å². The number of hydrogen-bond donors (Lipinski definition) is 4. The van der Waals surface area contributed by atoms with Crippen LogP contribution in [0.1, 0.15) is 84.0 Å². The molecule has 0 spiro atoms. The van der Waals surface area contributed by atoms with Crippen LogP contribution in [0.15, 0.2) is 24.3 Å². The molecule has 0 unspecified atom stereocenters. The molecule has 7 heteroatoms. The van der Waals surface area contributed by atoms with Crippen LogP contribution in [0.25, 0.3) is 0 Å². The molecule has 3 amide bonds. The summed E-state index contributed by atoms with van der Waals surface area (Å²) in [6.45, 7) is 2.60. The number of benzene rings is 1. The van der Waals surface area contributed by atoms with Crippen molar-refractivity contribution in [1.29, 1.82) is 0 Å². The summed E-state index contributed by atoms with van der Waals surface area (Å²) in [7, 11) is 0. The molecule has 0 saturated carbocycles. The Kier molecular flexibility index (Phi) is 14.9. The number of phenolic OH excluding ortho intramolecular Hbond substituents is 1. The Hall–Kier alpha value is -2.44. The zero-order valence-electron chi connectivity index (χ0n) is 18.4. The maximum Gasteiger partial charge on any atom is 0.333 e. The summed E-state index contributed by atoms with van der Waals surface area (Å²) < 4.78 is 5.24. The van der Waals surface area contributed by atoms with Gasteiger partial charge in [0, 0.05) is 6.54 Å². The molecule has 170 valence electrons. The number of nitrogens with one attached hydrogen (secondary N) is 3. The topological polar surface area (TPSA) is 99.7 Å². The van der Waals surface area contributed by atoms with Gasteiger partial charge in [-0.05, 0) is 30.7 Å². The van der Waals surface area contributed by atoms with Crippen LogP contribution in [-0.2, 0) is 4.79 Å². The summed E-state index contributed by atoms with van der Waals surface area (Å²) in [5, 5.41) is 11.9. The van der Waals surface area contributed by atoms with Crippen molar-refractivity contribution in [2.75, 3.05) is 13.2 Å². The van der Waals surface area contributed by atoms with E-state index in [0.29, 0.717) is 12.3 Å². The average Bonchev–Trinajstić information content (AvgIpc) is 2.75. The van der Waals surface area contributed by atoms with Gasteiger partial charge in [-0.25, -0.2) is 10.2 Å². The summed E-state index contributed by atoms with van der Waals surface area (Å²) in [4.78, 5) is 23.3. The number of amides is 3. The number of phenols is 1. The molecule has 0 radical (unpaired) electrons. The number of hydrogen-bond acceptors (Lipinski definition) is 4. The van der Waals surface area contributed by atoms with Crippen LogP contribution >= 0.6 is 0 Å². The van der Waals surface area contributed by atoms with Crippen molar-refractivity contribution in [3.05, 3.63) is 24.3 Å². The molecular weight excluding hydrogens is 382 g/mol. The number of aromatic hydroxyl groups is 1. The fourth-order valence-electron chi connectivity index (χ4n) is 3.07. The lowest BCUT2D eigenvalue weighted by Gasteiger charge is -2.10. The number of carbonyl (C=O) groups excluding carboxylic acids is 2. The van der Waals surface area contributed by atoms with Crippen LogP contribution in [0.2, 0.25) is 0 Å². The predicted molar refractivity (Wildman–Crippen MR) is 119 cm³/mol. The Morgan fingerprint density at radius 1 is 0.800 bits per heavy atom. The first kappa shape index (κ1) is 25.6. The summed E-state index contributed by atoms with van der Waals surface area (Å²) in [5.41, 5.74) is 4.59. The molecular formula is C23H39N3O4. The highest BCUT2D eigenvalue weighted by atomic mass is 16.5. The van der Waals surface area contributed by atoms with Crippen molar-refractivity contribution in [3.63, 3.8) is 0 Å². The lowest BCUT2D eigenvalue weighted by Crippen LogP contribution is -2.48. The van der Waals surface area contributed by atoms with Crippen molar-refractivity contribution in [3.8, 4) is 11.5 Å². The predicted octanol–water partition coefficient (Wildman–Crippen LogP) is 4.80. The van der Waals surface area contributed by atoms with Crippen molar-refractivity contribution in [2.45, 2.75) is 84.0 Å². The van der Waals surface area contributed by atoms with Gasteiger partial charge in [-0.1, -0.05) is 77.6 Å². The summed E-state index contributed by atoms with van der Waals surface area (Å²) >= 11 is 0. The normalized spacial score (nSPS) is 10.4. The summed E-state index contributed by atoms with van der Waals surface area (Å²) in [6, 6.07) is 5.61. The van der Waals surface area contributed by atoms with Gasteiger partial charge < -0.3 is 15.2 Å². The minimum Gasteiger partial charge on any atom is -0.508 e. The Balaban J connectivity index is 1.87. The first-order valence-corrected chi connectivity index (χ1v) is 11.4. The van der Waals surface area contributed by atoms with Crippen molar-refractivity contribution < 1.29 is 19.4 Å². The largest absolute Gasteiger partial charge is 0.508 e. The third kappa shape index (κ3) is 14.5. The molecule has 1 rings (SSSR count). The number of urea groups is 1. The van der Waals surface area contributed by atoms with Gasteiger partial charge in [-0.2, -0.15) is 0 Å². The Labute approximate surface area is 180 Å². The van der Waals surface area contributed by atoms with E-state index in [-0.39, 0.29) is 12.4 Å². The average molecular weight is 422 g/mol. The van der Waals surface area contributed by atoms with Gasteiger partial charge in [-0.3, -0.25) is 10.2 Å². The lowest BCUT2D eigenvalue weighted by atomic mass is 10.1. The van der Waals surface area contributed by atoms with Crippen LogP contribution in [0, 0.1) is 0 Å².